The van der Waals surface area contributed by atoms with E-state index in [0.29, 0.717) is 6.42 Å². The third-order valence-electron chi connectivity index (χ3n) is 12.7. The number of rotatable bonds is 45. The topological polar surface area (TPSA) is 149 Å². The molecule has 370 valence electrons. The van der Waals surface area contributed by atoms with Crippen LogP contribution in [0.1, 0.15) is 245 Å². The number of carbonyl (C=O) groups is 1. The maximum absolute atomic E-state index is 12.9. The smallest absolute Gasteiger partial charge is 0.220 e. The van der Waals surface area contributed by atoms with E-state index in [1.54, 1.807) is 6.08 Å². The van der Waals surface area contributed by atoms with Crippen LogP contribution < -0.4 is 5.32 Å². The van der Waals surface area contributed by atoms with E-state index in [0.717, 1.165) is 64.2 Å². The van der Waals surface area contributed by atoms with Crippen molar-refractivity contribution in [3.8, 4) is 0 Å². The molecule has 0 aromatic rings. The molecule has 0 spiro atoms. The first-order chi connectivity index (χ1) is 30.8. The number of aliphatic hydroxyl groups excluding tert-OH is 5. The Hall–Kier alpha value is -1.59. The summed E-state index contributed by atoms with van der Waals surface area (Å²) in [5, 5.41) is 54.2. The van der Waals surface area contributed by atoms with Crippen molar-refractivity contribution in [2.45, 2.75) is 288 Å². The SMILES string of the molecule is CCC/C=C\CCCCCCCC(=O)NC(COC1OC(CO)C(O)C(O)C1O)C(O)/C=C/CC/C=C/CCCCCCCCCCCCCCCCCCCCCCCCCC. The normalized spacial score (nSPS) is 20.4. The molecule has 9 heteroatoms. The summed E-state index contributed by atoms with van der Waals surface area (Å²) in [7, 11) is 0. The number of carbonyl (C=O) groups excluding carboxylic acids is 1. The van der Waals surface area contributed by atoms with Crippen molar-refractivity contribution in [3.05, 3.63) is 36.5 Å². The van der Waals surface area contributed by atoms with Gasteiger partial charge in [-0.05, 0) is 51.4 Å². The zero-order chi connectivity index (χ0) is 45.9. The van der Waals surface area contributed by atoms with Crippen LogP contribution in [-0.4, -0.2) is 87.5 Å². The molecule has 0 aromatic carbocycles. The monoisotopic (exact) mass is 892 g/mol. The summed E-state index contributed by atoms with van der Waals surface area (Å²) in [5.41, 5.74) is 0. The van der Waals surface area contributed by atoms with E-state index >= 15 is 0 Å². The lowest BCUT2D eigenvalue weighted by atomic mass is 9.99. The van der Waals surface area contributed by atoms with Gasteiger partial charge in [-0.2, -0.15) is 0 Å². The van der Waals surface area contributed by atoms with Gasteiger partial charge in [0.15, 0.2) is 6.29 Å². The fourth-order valence-electron chi connectivity index (χ4n) is 8.41. The summed E-state index contributed by atoms with van der Waals surface area (Å²) < 4.78 is 11.2. The molecule has 0 saturated carbocycles. The van der Waals surface area contributed by atoms with Crippen molar-refractivity contribution in [2.24, 2.45) is 0 Å². The predicted octanol–water partition coefficient (Wildman–Crippen LogP) is 12.4. The maximum Gasteiger partial charge on any atom is 0.220 e. The van der Waals surface area contributed by atoms with Gasteiger partial charge in [-0.3, -0.25) is 4.79 Å². The number of unbranched alkanes of at least 4 members (excludes halogenated alkanes) is 31. The van der Waals surface area contributed by atoms with E-state index in [2.05, 4.69) is 43.5 Å². The van der Waals surface area contributed by atoms with Crippen molar-refractivity contribution in [1.82, 2.24) is 5.32 Å². The van der Waals surface area contributed by atoms with Crippen molar-refractivity contribution < 1.29 is 39.8 Å². The van der Waals surface area contributed by atoms with E-state index in [1.807, 2.05) is 6.08 Å². The fraction of sp³-hybridized carbons (Fsp3) is 0.870. The highest BCUT2D eigenvalue weighted by Gasteiger charge is 2.44. The van der Waals surface area contributed by atoms with Crippen LogP contribution in [0, 0.1) is 0 Å². The van der Waals surface area contributed by atoms with Gasteiger partial charge in [0.05, 0.1) is 25.4 Å². The molecule has 6 N–H and O–H groups in total. The van der Waals surface area contributed by atoms with Crippen molar-refractivity contribution in [2.75, 3.05) is 13.2 Å². The molecule has 1 rings (SSSR count). The first-order valence-electron chi connectivity index (χ1n) is 26.7. The van der Waals surface area contributed by atoms with Crippen LogP contribution in [0.4, 0.5) is 0 Å². The molecular formula is C54H101NO8. The Balaban J connectivity index is 2.18. The molecule has 7 atom stereocenters. The first-order valence-corrected chi connectivity index (χ1v) is 26.7. The number of ether oxygens (including phenoxy) is 2. The fourth-order valence-corrected chi connectivity index (χ4v) is 8.41. The largest absolute Gasteiger partial charge is 0.394 e. The van der Waals surface area contributed by atoms with E-state index in [-0.39, 0.29) is 12.5 Å². The molecule has 1 fully saturated rings. The zero-order valence-corrected chi connectivity index (χ0v) is 40.8. The minimum Gasteiger partial charge on any atom is -0.394 e. The molecule has 0 aliphatic carbocycles. The van der Waals surface area contributed by atoms with Crippen LogP contribution in [-0.2, 0) is 14.3 Å². The van der Waals surface area contributed by atoms with Gasteiger partial charge >= 0.3 is 0 Å². The third kappa shape index (κ3) is 34.4. The number of aliphatic hydroxyl groups is 5. The highest BCUT2D eigenvalue weighted by atomic mass is 16.7. The van der Waals surface area contributed by atoms with E-state index < -0.39 is 49.5 Å². The number of amides is 1. The predicted molar refractivity (Wildman–Crippen MR) is 263 cm³/mol. The van der Waals surface area contributed by atoms with Gasteiger partial charge < -0.3 is 40.3 Å². The molecule has 9 nitrogen and oxygen atoms in total. The summed E-state index contributed by atoms with van der Waals surface area (Å²) in [4.78, 5) is 12.9. The van der Waals surface area contributed by atoms with Gasteiger partial charge in [0.2, 0.25) is 5.91 Å². The molecule has 1 aliphatic heterocycles. The molecule has 63 heavy (non-hydrogen) atoms. The Labute approximate surface area is 387 Å². The van der Waals surface area contributed by atoms with Crippen LogP contribution >= 0.6 is 0 Å². The number of allylic oxidation sites excluding steroid dienone is 5. The van der Waals surface area contributed by atoms with E-state index in [4.69, 9.17) is 9.47 Å². The van der Waals surface area contributed by atoms with Crippen LogP contribution in [0.2, 0.25) is 0 Å². The van der Waals surface area contributed by atoms with Crippen LogP contribution in [0.5, 0.6) is 0 Å². The van der Waals surface area contributed by atoms with Gasteiger partial charge in [0.25, 0.3) is 0 Å². The second-order valence-electron chi connectivity index (χ2n) is 18.7. The first kappa shape index (κ1) is 59.4. The Morgan fingerprint density at radius 1 is 0.524 bits per heavy atom. The Kier molecular flexibility index (Phi) is 41.7. The molecule has 1 heterocycles. The number of nitrogens with one attached hydrogen (secondary N) is 1. The molecular weight excluding hydrogens is 791 g/mol. The maximum atomic E-state index is 12.9. The lowest BCUT2D eigenvalue weighted by Crippen LogP contribution is -2.60. The van der Waals surface area contributed by atoms with Crippen molar-refractivity contribution in [1.29, 1.82) is 0 Å². The molecule has 0 aromatic heterocycles. The Bertz CT molecular complexity index is 1080. The molecule has 7 unspecified atom stereocenters. The van der Waals surface area contributed by atoms with E-state index in [1.165, 1.54) is 161 Å². The molecule has 1 aliphatic rings. The lowest BCUT2D eigenvalue weighted by molar-refractivity contribution is -0.302. The minimum absolute atomic E-state index is 0.198. The van der Waals surface area contributed by atoms with Gasteiger partial charge in [-0.25, -0.2) is 0 Å². The Morgan fingerprint density at radius 2 is 0.937 bits per heavy atom. The van der Waals surface area contributed by atoms with E-state index in [9.17, 15) is 30.3 Å². The van der Waals surface area contributed by atoms with Gasteiger partial charge in [0, 0.05) is 6.42 Å². The zero-order valence-electron chi connectivity index (χ0n) is 40.8. The number of hydrogen-bond acceptors (Lipinski definition) is 8. The summed E-state index contributed by atoms with van der Waals surface area (Å²) >= 11 is 0. The van der Waals surface area contributed by atoms with Crippen LogP contribution in [0.25, 0.3) is 0 Å². The standard InChI is InChI=1S/C54H101NO8/c1-3-5-7-9-11-13-15-16-17-18-19-20-21-22-23-24-25-26-27-28-29-30-31-32-33-34-35-37-39-41-43-48(57)47(46-62-54-53(61)52(60)51(59)49(45-56)63-54)55-50(58)44-42-40-38-36-14-12-10-8-6-4-2/h8,10,34-35,41,43,47-49,51-54,56-57,59-61H,3-7,9,11-33,36-40,42,44-46H2,1-2H3,(H,55,58)/b10-8-,35-34+,43-41+. The second kappa shape index (κ2) is 44.3. The summed E-state index contributed by atoms with van der Waals surface area (Å²) in [6.07, 6.45) is 49.5. The second-order valence-corrected chi connectivity index (χ2v) is 18.7. The summed E-state index contributed by atoms with van der Waals surface area (Å²) in [6.45, 7) is 3.70. The quantitative estimate of drug-likeness (QED) is 0.0261. The average Bonchev–Trinajstić information content (AvgIpc) is 3.28. The van der Waals surface area contributed by atoms with Crippen LogP contribution in [0.15, 0.2) is 36.5 Å². The van der Waals surface area contributed by atoms with Gasteiger partial charge in [-0.15, -0.1) is 0 Å². The minimum atomic E-state index is -1.57. The number of hydrogen-bond donors (Lipinski definition) is 6. The van der Waals surface area contributed by atoms with Gasteiger partial charge in [-0.1, -0.05) is 224 Å². The lowest BCUT2D eigenvalue weighted by Gasteiger charge is -2.40. The van der Waals surface area contributed by atoms with Crippen LogP contribution in [0.3, 0.4) is 0 Å². The summed E-state index contributed by atoms with van der Waals surface area (Å²) in [5.74, 6) is -0.198. The highest BCUT2D eigenvalue weighted by molar-refractivity contribution is 5.76. The highest BCUT2D eigenvalue weighted by Crippen LogP contribution is 2.23. The third-order valence-corrected chi connectivity index (χ3v) is 12.7. The molecule has 0 bridgehead atoms. The molecule has 0 radical (unpaired) electrons. The van der Waals surface area contributed by atoms with Crippen molar-refractivity contribution in [3.63, 3.8) is 0 Å². The average molecular weight is 892 g/mol. The molecule has 1 saturated heterocycles. The molecule has 1 amide bonds. The summed E-state index contributed by atoms with van der Waals surface area (Å²) in [6, 6.07) is -0.824. The Morgan fingerprint density at radius 3 is 1.40 bits per heavy atom. The van der Waals surface area contributed by atoms with Gasteiger partial charge in [0.1, 0.15) is 24.4 Å². The van der Waals surface area contributed by atoms with Crippen molar-refractivity contribution >= 4 is 5.91 Å².